The van der Waals surface area contributed by atoms with Gasteiger partial charge in [0.25, 0.3) is 0 Å². The number of aromatic amines is 1. The van der Waals surface area contributed by atoms with Crippen molar-refractivity contribution in [1.29, 1.82) is 5.26 Å². The van der Waals surface area contributed by atoms with Crippen molar-refractivity contribution >= 4 is 21.9 Å². The fourth-order valence-corrected chi connectivity index (χ4v) is 1.68. The van der Waals surface area contributed by atoms with E-state index in [-0.39, 0.29) is 5.82 Å². The molecule has 0 bridgehead atoms. The van der Waals surface area contributed by atoms with Crippen LogP contribution in [0.5, 0.6) is 0 Å². The summed E-state index contributed by atoms with van der Waals surface area (Å²) in [5.74, 6) is 0.201. The van der Waals surface area contributed by atoms with Crippen LogP contribution in [-0.4, -0.2) is 15.0 Å². The molecule has 1 aromatic carbocycles. The number of hydrogen-bond acceptors (Lipinski definition) is 3. The van der Waals surface area contributed by atoms with Crippen LogP contribution in [0.2, 0.25) is 0 Å². The van der Waals surface area contributed by atoms with Gasteiger partial charge in [-0.1, -0.05) is 18.2 Å². The molecule has 2 aromatic heterocycles. The minimum absolute atomic E-state index is 0.201. The average Bonchev–Trinajstić information content (AvgIpc) is 2.66. The van der Waals surface area contributed by atoms with Gasteiger partial charge < -0.3 is 4.98 Å². The number of nitrogens with one attached hydrogen (secondary N) is 1. The number of hydrogen-bond donors (Lipinski definition) is 1. The van der Waals surface area contributed by atoms with Crippen LogP contribution in [0.15, 0.2) is 30.5 Å². The number of nitriles is 1. The molecule has 0 saturated heterocycles. The Kier molecular flexibility index (Phi) is 1.48. The lowest BCUT2D eigenvalue weighted by atomic mass is 10.2. The van der Waals surface area contributed by atoms with Gasteiger partial charge in [-0.2, -0.15) is 5.26 Å². The minimum atomic E-state index is 0.201. The first-order valence-corrected chi connectivity index (χ1v) is 4.52. The first-order chi connectivity index (χ1) is 7.38. The third-order valence-corrected chi connectivity index (χ3v) is 2.34. The molecule has 70 valence electrons. The van der Waals surface area contributed by atoms with E-state index in [0.717, 1.165) is 21.9 Å². The summed E-state index contributed by atoms with van der Waals surface area (Å²) in [7, 11) is 0. The Hall–Kier alpha value is -2.41. The van der Waals surface area contributed by atoms with E-state index in [1.54, 1.807) is 6.20 Å². The maximum atomic E-state index is 8.72. The molecule has 0 spiro atoms. The first kappa shape index (κ1) is 7.94. The molecule has 0 aliphatic carbocycles. The van der Waals surface area contributed by atoms with E-state index >= 15 is 0 Å². The van der Waals surface area contributed by atoms with E-state index in [9.17, 15) is 0 Å². The van der Waals surface area contributed by atoms with Crippen LogP contribution in [0.4, 0.5) is 0 Å². The maximum Gasteiger partial charge on any atom is 0.232 e. The summed E-state index contributed by atoms with van der Waals surface area (Å²) in [6, 6.07) is 9.79. The smallest absolute Gasteiger partial charge is 0.232 e. The van der Waals surface area contributed by atoms with E-state index in [4.69, 9.17) is 5.26 Å². The third kappa shape index (κ3) is 1.07. The predicted molar refractivity (Wildman–Crippen MR) is 56.1 cm³/mol. The molecular weight excluding hydrogens is 188 g/mol. The fraction of sp³-hybridized carbons (Fsp3) is 0. The molecule has 0 fully saturated rings. The molecule has 3 rings (SSSR count). The number of nitrogens with zero attached hydrogens (tertiary/aromatic N) is 3. The molecule has 0 unspecified atom stereocenters. The largest absolute Gasteiger partial charge is 0.352 e. The number of rotatable bonds is 0. The van der Waals surface area contributed by atoms with Crippen molar-refractivity contribution in [3.05, 3.63) is 36.3 Å². The molecule has 0 aliphatic rings. The molecule has 0 radical (unpaired) electrons. The highest BCUT2D eigenvalue weighted by Crippen LogP contribution is 2.22. The van der Waals surface area contributed by atoms with Crippen LogP contribution in [-0.2, 0) is 0 Å². The van der Waals surface area contributed by atoms with Gasteiger partial charge >= 0.3 is 0 Å². The van der Waals surface area contributed by atoms with Crippen LogP contribution in [0, 0.1) is 11.3 Å². The molecule has 0 amide bonds. The normalized spacial score (nSPS) is 10.6. The quantitative estimate of drug-likeness (QED) is 0.595. The highest BCUT2D eigenvalue weighted by Gasteiger charge is 2.05. The topological polar surface area (TPSA) is 65.4 Å². The number of para-hydroxylation sites is 1. The van der Waals surface area contributed by atoms with Crippen LogP contribution >= 0.6 is 0 Å². The van der Waals surface area contributed by atoms with Crippen LogP contribution in [0.3, 0.4) is 0 Å². The van der Waals surface area contributed by atoms with E-state index in [0.29, 0.717) is 0 Å². The second-order valence-corrected chi connectivity index (χ2v) is 3.24. The Bertz CT molecular complexity index is 690. The lowest BCUT2D eigenvalue weighted by molar-refractivity contribution is 1.16. The van der Waals surface area contributed by atoms with Crippen molar-refractivity contribution in [3.8, 4) is 6.07 Å². The number of H-pyrrole nitrogens is 1. The fourth-order valence-electron chi connectivity index (χ4n) is 1.68. The highest BCUT2D eigenvalue weighted by atomic mass is 14.9. The Morgan fingerprint density at radius 3 is 2.93 bits per heavy atom. The van der Waals surface area contributed by atoms with Gasteiger partial charge in [-0.25, -0.2) is 9.97 Å². The highest BCUT2D eigenvalue weighted by molar-refractivity contribution is 6.04. The Labute approximate surface area is 85.2 Å². The van der Waals surface area contributed by atoms with Crippen LogP contribution in [0.1, 0.15) is 5.82 Å². The summed E-state index contributed by atoms with van der Waals surface area (Å²) >= 11 is 0. The van der Waals surface area contributed by atoms with Crippen LogP contribution in [0.25, 0.3) is 21.9 Å². The zero-order valence-electron chi connectivity index (χ0n) is 7.73. The lowest BCUT2D eigenvalue weighted by Crippen LogP contribution is -1.86. The van der Waals surface area contributed by atoms with Crippen LogP contribution < -0.4 is 0 Å². The number of aromatic nitrogens is 3. The van der Waals surface area contributed by atoms with E-state index in [1.165, 1.54) is 0 Å². The van der Waals surface area contributed by atoms with Crippen molar-refractivity contribution in [3.63, 3.8) is 0 Å². The van der Waals surface area contributed by atoms with Crippen molar-refractivity contribution in [2.24, 2.45) is 0 Å². The summed E-state index contributed by atoms with van der Waals surface area (Å²) in [5.41, 5.74) is 2.67. The van der Waals surface area contributed by atoms with E-state index in [1.807, 2.05) is 30.3 Å². The standard InChI is InChI=1S/C11H6N4/c12-5-10-13-6-9-11(15-10)7-3-1-2-4-8(7)14-9/h1-4,6,14H. The van der Waals surface area contributed by atoms with Gasteiger partial charge in [0.15, 0.2) is 0 Å². The van der Waals surface area contributed by atoms with E-state index in [2.05, 4.69) is 15.0 Å². The van der Waals surface area contributed by atoms with Gasteiger partial charge in [0.2, 0.25) is 5.82 Å². The van der Waals surface area contributed by atoms with Gasteiger partial charge in [-0.05, 0) is 6.07 Å². The Morgan fingerprint density at radius 2 is 2.07 bits per heavy atom. The molecule has 1 N–H and O–H groups in total. The summed E-state index contributed by atoms with van der Waals surface area (Å²) < 4.78 is 0. The Balaban J connectivity index is 2.53. The third-order valence-electron chi connectivity index (χ3n) is 2.34. The second kappa shape index (κ2) is 2.79. The summed E-state index contributed by atoms with van der Waals surface area (Å²) in [6.45, 7) is 0. The average molecular weight is 194 g/mol. The van der Waals surface area contributed by atoms with Gasteiger partial charge in [0, 0.05) is 10.9 Å². The molecule has 4 nitrogen and oxygen atoms in total. The summed E-state index contributed by atoms with van der Waals surface area (Å²) in [6.07, 6.45) is 1.64. The zero-order chi connectivity index (χ0) is 10.3. The van der Waals surface area contributed by atoms with Crippen molar-refractivity contribution in [2.75, 3.05) is 0 Å². The van der Waals surface area contributed by atoms with Gasteiger partial charge in [0.1, 0.15) is 11.6 Å². The molecular formula is C11H6N4. The first-order valence-electron chi connectivity index (χ1n) is 4.52. The van der Waals surface area contributed by atoms with Crippen molar-refractivity contribution in [1.82, 2.24) is 15.0 Å². The zero-order valence-corrected chi connectivity index (χ0v) is 7.73. The number of fused-ring (bicyclic) bond motifs is 3. The van der Waals surface area contributed by atoms with Crippen molar-refractivity contribution in [2.45, 2.75) is 0 Å². The lowest BCUT2D eigenvalue weighted by Gasteiger charge is -1.89. The van der Waals surface area contributed by atoms with Gasteiger partial charge in [0.05, 0.1) is 11.7 Å². The SMILES string of the molecule is N#Cc1ncc2[nH]c3ccccc3c2n1. The molecule has 2 heterocycles. The molecule has 3 aromatic rings. The molecule has 0 atom stereocenters. The number of benzene rings is 1. The molecule has 15 heavy (non-hydrogen) atoms. The maximum absolute atomic E-state index is 8.72. The van der Waals surface area contributed by atoms with Crippen molar-refractivity contribution < 1.29 is 0 Å². The summed E-state index contributed by atoms with van der Waals surface area (Å²) in [4.78, 5) is 11.3. The monoisotopic (exact) mass is 194 g/mol. The molecule has 0 aliphatic heterocycles. The predicted octanol–water partition coefficient (Wildman–Crippen LogP) is 1.98. The Morgan fingerprint density at radius 1 is 1.20 bits per heavy atom. The van der Waals surface area contributed by atoms with E-state index < -0.39 is 0 Å². The minimum Gasteiger partial charge on any atom is -0.352 e. The molecule has 4 heteroatoms. The second-order valence-electron chi connectivity index (χ2n) is 3.24. The molecule has 0 saturated carbocycles. The summed E-state index contributed by atoms with van der Waals surface area (Å²) in [5, 5.41) is 9.74. The van der Waals surface area contributed by atoms with Gasteiger partial charge in [-0.15, -0.1) is 0 Å². The van der Waals surface area contributed by atoms with Gasteiger partial charge in [-0.3, -0.25) is 0 Å².